The van der Waals surface area contributed by atoms with Crippen LogP contribution in [0.25, 0.3) is 11.0 Å². The topological polar surface area (TPSA) is 76.1 Å². The number of furan rings is 1. The molecule has 2 heterocycles. The molecule has 1 aliphatic carbocycles. The Bertz CT molecular complexity index is 1050. The highest BCUT2D eigenvalue weighted by atomic mass is 16.5. The summed E-state index contributed by atoms with van der Waals surface area (Å²) >= 11 is 0. The molecule has 118 valence electrons. The second-order valence-corrected chi connectivity index (χ2v) is 6.33. The van der Waals surface area contributed by atoms with E-state index in [0.717, 1.165) is 5.39 Å². The lowest BCUT2D eigenvalue weighted by atomic mass is 9.74. The third-order valence-corrected chi connectivity index (χ3v) is 4.53. The van der Waals surface area contributed by atoms with Gasteiger partial charge in [0, 0.05) is 17.0 Å². The average Bonchev–Trinajstić information content (AvgIpc) is 2.99. The van der Waals surface area contributed by atoms with E-state index in [1.165, 1.54) is 0 Å². The third-order valence-electron chi connectivity index (χ3n) is 4.53. The van der Waals surface area contributed by atoms with E-state index in [2.05, 4.69) is 11.1 Å². The monoisotopic (exact) mass is 318 g/mol. The van der Waals surface area contributed by atoms with Gasteiger partial charge >= 0.3 is 0 Å². The van der Waals surface area contributed by atoms with E-state index in [9.17, 15) is 4.79 Å². The van der Waals surface area contributed by atoms with Crippen molar-refractivity contribution < 1.29 is 13.9 Å². The molecular formula is C19H14N2O3. The zero-order chi connectivity index (χ0) is 17.1. The van der Waals surface area contributed by atoms with Crippen LogP contribution in [0.1, 0.15) is 46.8 Å². The first-order valence-electron chi connectivity index (χ1n) is 7.54. The number of rotatable bonds is 1. The highest BCUT2D eigenvalue weighted by Crippen LogP contribution is 2.45. The molecule has 0 saturated heterocycles. The first kappa shape index (κ1) is 14.5. The Balaban J connectivity index is 2.06. The fraction of sp³-hybridized carbons (Fsp3) is 0.211. The smallest absolute Gasteiger partial charge is 0.213 e. The summed E-state index contributed by atoms with van der Waals surface area (Å²) in [6.07, 6.45) is 0. The lowest BCUT2D eigenvalue weighted by Crippen LogP contribution is -2.30. The zero-order valence-corrected chi connectivity index (χ0v) is 13.5. The summed E-state index contributed by atoms with van der Waals surface area (Å²) in [5, 5.41) is 9.80. The van der Waals surface area contributed by atoms with Gasteiger partial charge < -0.3 is 9.15 Å². The second-order valence-electron chi connectivity index (χ2n) is 6.33. The van der Waals surface area contributed by atoms with Crippen molar-refractivity contribution in [2.45, 2.75) is 19.3 Å². The second kappa shape index (κ2) is 4.68. The molecule has 1 aromatic carbocycles. The van der Waals surface area contributed by atoms with Crippen LogP contribution in [0.5, 0.6) is 5.88 Å². The van der Waals surface area contributed by atoms with Gasteiger partial charge in [-0.25, -0.2) is 4.98 Å². The predicted molar refractivity (Wildman–Crippen MR) is 87.3 cm³/mol. The van der Waals surface area contributed by atoms with Gasteiger partial charge in [0.05, 0.1) is 35.4 Å². The van der Waals surface area contributed by atoms with Gasteiger partial charge in [-0.05, 0) is 38.1 Å². The van der Waals surface area contributed by atoms with E-state index in [1.54, 1.807) is 37.4 Å². The van der Waals surface area contributed by atoms with Crippen molar-refractivity contribution >= 4 is 16.8 Å². The van der Waals surface area contributed by atoms with Crippen LogP contribution in [0, 0.1) is 11.3 Å². The summed E-state index contributed by atoms with van der Waals surface area (Å²) in [6.45, 7) is 3.94. The van der Waals surface area contributed by atoms with Crippen molar-refractivity contribution in [3.05, 3.63) is 58.5 Å². The van der Waals surface area contributed by atoms with Crippen molar-refractivity contribution in [2.24, 2.45) is 0 Å². The molecule has 0 atom stereocenters. The molecule has 24 heavy (non-hydrogen) atoms. The lowest BCUT2D eigenvalue weighted by Gasteiger charge is -2.29. The van der Waals surface area contributed by atoms with E-state index < -0.39 is 5.41 Å². The van der Waals surface area contributed by atoms with E-state index in [1.807, 2.05) is 13.8 Å². The minimum absolute atomic E-state index is 0.113. The molecule has 2 aromatic heterocycles. The predicted octanol–water partition coefficient (Wildman–Crippen LogP) is 3.58. The molecule has 0 saturated carbocycles. The van der Waals surface area contributed by atoms with Gasteiger partial charge in [0.15, 0.2) is 5.78 Å². The Morgan fingerprint density at radius 1 is 1.25 bits per heavy atom. The van der Waals surface area contributed by atoms with Crippen molar-refractivity contribution in [3.63, 3.8) is 0 Å². The molecule has 5 nitrogen and oxygen atoms in total. The Morgan fingerprint density at radius 2 is 2.04 bits per heavy atom. The highest BCUT2D eigenvalue weighted by molar-refractivity contribution is 6.19. The van der Waals surface area contributed by atoms with Crippen LogP contribution in [-0.2, 0) is 5.41 Å². The molecule has 3 aromatic rings. The molecule has 0 unspecified atom stereocenters. The molecular weight excluding hydrogens is 304 g/mol. The van der Waals surface area contributed by atoms with Crippen molar-refractivity contribution in [2.75, 3.05) is 7.11 Å². The highest BCUT2D eigenvalue weighted by Gasteiger charge is 2.43. The fourth-order valence-corrected chi connectivity index (χ4v) is 3.29. The lowest BCUT2D eigenvalue weighted by molar-refractivity contribution is 0.102. The Kier molecular flexibility index (Phi) is 2.82. The molecule has 0 spiro atoms. The summed E-state index contributed by atoms with van der Waals surface area (Å²) in [6, 6.07) is 10.7. The number of aromatic nitrogens is 1. The number of carbonyl (C=O) groups excluding carboxylic acids is 1. The van der Waals surface area contributed by atoms with Crippen LogP contribution < -0.4 is 4.74 Å². The number of ketones is 1. The third kappa shape index (κ3) is 1.74. The largest absolute Gasteiger partial charge is 0.481 e. The number of pyridine rings is 1. The standard InChI is InChI=1S/C19H14N2O3/c1-19(2)17-12(6-7-14(21-17)23-3)16(22)15-11-5-4-10(9-20)8-13(11)24-18(15)19/h4-8H,1-3H3. The fourth-order valence-electron chi connectivity index (χ4n) is 3.29. The number of ether oxygens (including phenoxy) is 1. The number of nitriles is 1. The van der Waals surface area contributed by atoms with Crippen LogP contribution in [-0.4, -0.2) is 17.9 Å². The molecule has 0 N–H and O–H groups in total. The first-order valence-corrected chi connectivity index (χ1v) is 7.54. The number of benzene rings is 1. The van der Waals surface area contributed by atoms with Gasteiger partial charge in [0.1, 0.15) is 11.3 Å². The van der Waals surface area contributed by atoms with Gasteiger partial charge in [-0.3, -0.25) is 4.79 Å². The van der Waals surface area contributed by atoms with Crippen LogP contribution in [0.3, 0.4) is 0 Å². The van der Waals surface area contributed by atoms with Crippen molar-refractivity contribution in [3.8, 4) is 11.9 Å². The summed E-state index contributed by atoms with van der Waals surface area (Å²) < 4.78 is 11.2. The van der Waals surface area contributed by atoms with E-state index >= 15 is 0 Å². The molecule has 0 aliphatic heterocycles. The van der Waals surface area contributed by atoms with Gasteiger partial charge in [0.25, 0.3) is 0 Å². The molecule has 1 aliphatic rings. The van der Waals surface area contributed by atoms with Crippen LogP contribution in [0.15, 0.2) is 34.7 Å². The number of nitrogens with zero attached hydrogens (tertiary/aromatic N) is 2. The maximum atomic E-state index is 13.0. The minimum atomic E-state index is -0.584. The number of hydrogen-bond donors (Lipinski definition) is 0. The number of carbonyl (C=O) groups is 1. The van der Waals surface area contributed by atoms with E-state index in [-0.39, 0.29) is 5.78 Å². The summed E-state index contributed by atoms with van der Waals surface area (Å²) in [7, 11) is 1.54. The average molecular weight is 318 g/mol. The Hall–Kier alpha value is -3.13. The number of fused-ring (bicyclic) bond motifs is 4. The molecule has 0 amide bonds. The first-order chi connectivity index (χ1) is 11.5. The summed E-state index contributed by atoms with van der Waals surface area (Å²) in [5.41, 5.74) is 2.20. The van der Waals surface area contributed by atoms with E-state index in [4.69, 9.17) is 14.4 Å². The zero-order valence-electron chi connectivity index (χ0n) is 13.5. The van der Waals surface area contributed by atoms with Crippen LogP contribution in [0.2, 0.25) is 0 Å². The summed E-state index contributed by atoms with van der Waals surface area (Å²) in [4.78, 5) is 17.5. The molecule has 5 heteroatoms. The summed E-state index contributed by atoms with van der Waals surface area (Å²) in [5.74, 6) is 0.921. The maximum absolute atomic E-state index is 13.0. The van der Waals surface area contributed by atoms with Crippen LogP contribution >= 0.6 is 0 Å². The van der Waals surface area contributed by atoms with Gasteiger partial charge in [-0.2, -0.15) is 5.26 Å². The van der Waals surface area contributed by atoms with E-state index in [0.29, 0.717) is 39.6 Å². The Morgan fingerprint density at radius 3 is 2.75 bits per heavy atom. The number of hydrogen-bond acceptors (Lipinski definition) is 5. The van der Waals surface area contributed by atoms with Gasteiger partial charge in [-0.1, -0.05) is 0 Å². The van der Waals surface area contributed by atoms with Crippen LogP contribution in [0.4, 0.5) is 0 Å². The minimum Gasteiger partial charge on any atom is -0.481 e. The number of methoxy groups -OCH3 is 1. The SMILES string of the molecule is COc1ccc2c(n1)C(C)(C)c1oc3cc(C#N)ccc3c1C2=O. The maximum Gasteiger partial charge on any atom is 0.213 e. The molecule has 0 fully saturated rings. The molecule has 4 rings (SSSR count). The van der Waals surface area contributed by atoms with Crippen molar-refractivity contribution in [1.29, 1.82) is 5.26 Å². The molecule has 0 bridgehead atoms. The molecule has 0 radical (unpaired) electrons. The normalized spacial score (nSPS) is 14.8. The van der Waals surface area contributed by atoms with Gasteiger partial charge in [0.2, 0.25) is 5.88 Å². The quantitative estimate of drug-likeness (QED) is 0.685. The Labute approximate surface area is 138 Å². The van der Waals surface area contributed by atoms with Crippen molar-refractivity contribution in [1.82, 2.24) is 4.98 Å². The van der Waals surface area contributed by atoms with Gasteiger partial charge in [-0.15, -0.1) is 0 Å².